The van der Waals surface area contributed by atoms with Crippen molar-refractivity contribution in [2.24, 2.45) is 0 Å². The number of hydrogen-bond donors (Lipinski definition) is 2. The van der Waals surface area contributed by atoms with E-state index in [1.54, 1.807) is 18.2 Å². The molecule has 126 valence electrons. The highest BCUT2D eigenvalue weighted by Crippen LogP contribution is 2.26. The molecule has 1 aromatic heterocycles. The van der Waals surface area contributed by atoms with Crippen LogP contribution in [-0.2, 0) is 4.79 Å². The number of nitrogens with zero attached hydrogens (tertiary/aromatic N) is 1. The molecule has 0 saturated carbocycles. The number of carboxylic acids is 1. The highest BCUT2D eigenvalue weighted by molar-refractivity contribution is 5.92. The maximum absolute atomic E-state index is 11.3. The molecule has 0 aliphatic carbocycles. The number of nitrogens with two attached hydrogens (primary N) is 1. The summed E-state index contributed by atoms with van der Waals surface area (Å²) >= 11 is 0. The van der Waals surface area contributed by atoms with Gasteiger partial charge in [-0.2, -0.15) is 0 Å². The maximum atomic E-state index is 11.3. The number of pyridine rings is 1. The molecule has 0 unspecified atom stereocenters. The Hall–Kier alpha value is -2.82. The topological polar surface area (TPSA) is 85.4 Å². The minimum Gasteiger partial charge on any atom is -0.478 e. The van der Waals surface area contributed by atoms with Gasteiger partial charge >= 0.3 is 5.97 Å². The van der Waals surface area contributed by atoms with Gasteiger partial charge in [-0.3, -0.25) is 0 Å². The molecule has 0 saturated heterocycles. The van der Waals surface area contributed by atoms with E-state index in [1.165, 1.54) is 6.20 Å². The van der Waals surface area contributed by atoms with Gasteiger partial charge in [0.05, 0.1) is 11.9 Å². The van der Waals surface area contributed by atoms with E-state index in [2.05, 4.69) is 4.98 Å². The molecule has 1 aromatic carbocycles. The van der Waals surface area contributed by atoms with E-state index in [0.29, 0.717) is 29.3 Å². The first-order valence-electron chi connectivity index (χ1n) is 7.93. The van der Waals surface area contributed by atoms with Gasteiger partial charge < -0.3 is 15.6 Å². The van der Waals surface area contributed by atoms with Gasteiger partial charge in [-0.15, -0.1) is 0 Å². The molecule has 24 heavy (non-hydrogen) atoms. The summed E-state index contributed by atoms with van der Waals surface area (Å²) in [6, 6.07) is 8.99. The van der Waals surface area contributed by atoms with Crippen molar-refractivity contribution in [3.8, 4) is 11.6 Å². The molecule has 0 spiro atoms. The fourth-order valence-electron chi connectivity index (χ4n) is 2.25. The summed E-state index contributed by atoms with van der Waals surface area (Å²) in [7, 11) is 0. The third-order valence-electron chi connectivity index (χ3n) is 3.59. The smallest absolute Gasteiger partial charge is 0.331 e. The first-order chi connectivity index (χ1) is 11.5. The average molecular weight is 326 g/mol. The summed E-state index contributed by atoms with van der Waals surface area (Å²) in [5.41, 5.74) is 8.35. The van der Waals surface area contributed by atoms with Crippen molar-refractivity contribution in [3.63, 3.8) is 0 Å². The molecule has 1 heterocycles. The molecule has 0 bridgehead atoms. The first-order valence-corrected chi connectivity index (χ1v) is 7.93. The number of carboxylic acid groups (broad SMARTS) is 1. The second-order valence-electron chi connectivity index (χ2n) is 5.64. The Labute approximate surface area is 141 Å². The number of aromatic nitrogens is 1. The van der Waals surface area contributed by atoms with Gasteiger partial charge in [0.25, 0.3) is 0 Å². The normalized spacial score (nSPS) is 11.3. The third-order valence-corrected chi connectivity index (χ3v) is 3.59. The van der Waals surface area contributed by atoms with Crippen LogP contribution in [0.15, 0.2) is 42.1 Å². The number of anilines is 1. The van der Waals surface area contributed by atoms with Crippen LogP contribution in [-0.4, -0.2) is 16.1 Å². The van der Waals surface area contributed by atoms with Crippen molar-refractivity contribution in [2.45, 2.75) is 33.1 Å². The van der Waals surface area contributed by atoms with E-state index in [1.807, 2.05) is 32.0 Å². The summed E-state index contributed by atoms with van der Waals surface area (Å²) in [6.07, 6.45) is 5.65. The van der Waals surface area contributed by atoms with E-state index in [-0.39, 0.29) is 0 Å². The molecule has 2 rings (SSSR count). The van der Waals surface area contributed by atoms with Crippen LogP contribution in [0.1, 0.15) is 37.3 Å². The summed E-state index contributed by atoms with van der Waals surface area (Å²) in [6.45, 7) is 3.96. The highest BCUT2D eigenvalue weighted by atomic mass is 16.5. The van der Waals surface area contributed by atoms with Crippen LogP contribution in [0.2, 0.25) is 0 Å². The van der Waals surface area contributed by atoms with Crippen molar-refractivity contribution >= 4 is 17.7 Å². The highest BCUT2D eigenvalue weighted by Gasteiger charge is 2.08. The second kappa shape index (κ2) is 8.15. The molecule has 2 aromatic rings. The molecule has 0 radical (unpaired) electrons. The predicted octanol–water partition coefficient (Wildman–Crippen LogP) is 4.42. The van der Waals surface area contributed by atoms with Crippen molar-refractivity contribution in [1.29, 1.82) is 0 Å². The molecule has 0 fully saturated rings. The van der Waals surface area contributed by atoms with Crippen LogP contribution in [0.3, 0.4) is 0 Å². The quantitative estimate of drug-likeness (QED) is 0.735. The van der Waals surface area contributed by atoms with Crippen molar-refractivity contribution in [1.82, 2.24) is 4.98 Å². The number of aliphatic carboxylic acids is 1. The molecule has 0 atom stereocenters. The Balaban J connectivity index is 2.19. The number of nitrogen functional groups attached to an aromatic ring is 1. The Morgan fingerprint density at radius 2 is 2.12 bits per heavy atom. The van der Waals surface area contributed by atoms with E-state index in [4.69, 9.17) is 10.5 Å². The zero-order valence-corrected chi connectivity index (χ0v) is 14.0. The molecule has 0 aliphatic rings. The zero-order valence-electron chi connectivity index (χ0n) is 14.0. The lowest BCUT2D eigenvalue weighted by atomic mass is 10.0. The fraction of sp³-hybridized carbons (Fsp3) is 0.263. The van der Waals surface area contributed by atoms with Crippen LogP contribution in [0.4, 0.5) is 5.69 Å². The Morgan fingerprint density at radius 3 is 2.71 bits per heavy atom. The molecular formula is C19H22N2O3. The summed E-state index contributed by atoms with van der Waals surface area (Å²) in [5, 5.41) is 9.29. The van der Waals surface area contributed by atoms with Crippen LogP contribution in [0, 0.1) is 6.92 Å². The molecule has 0 aliphatic heterocycles. The van der Waals surface area contributed by atoms with Gasteiger partial charge in [0, 0.05) is 11.6 Å². The second-order valence-corrected chi connectivity index (χ2v) is 5.64. The molecule has 5 nitrogen and oxygen atoms in total. The Morgan fingerprint density at radius 1 is 1.33 bits per heavy atom. The molecule has 0 amide bonds. The van der Waals surface area contributed by atoms with Crippen LogP contribution in [0.25, 0.3) is 6.08 Å². The molecular weight excluding hydrogens is 304 g/mol. The number of rotatable bonds is 7. The van der Waals surface area contributed by atoms with Crippen molar-refractivity contribution in [3.05, 3.63) is 53.2 Å². The standard InChI is InChI=1S/C19H22N2O3/c1-3-4-5-15(19(22)23)11-14-6-8-17(13(2)10-14)24-18-9-7-16(20)12-21-18/h6-12H,3-5,20H2,1-2H3,(H,22,23)/b15-11+. The predicted molar refractivity (Wildman–Crippen MR) is 95.0 cm³/mol. The zero-order chi connectivity index (χ0) is 17.5. The number of aryl methyl sites for hydroxylation is 1. The number of unbranched alkanes of at least 4 members (excludes halogenated alkanes) is 1. The minimum absolute atomic E-state index is 0.421. The van der Waals surface area contributed by atoms with Crippen LogP contribution < -0.4 is 10.5 Å². The monoisotopic (exact) mass is 326 g/mol. The van der Waals surface area contributed by atoms with Gasteiger partial charge in [0.15, 0.2) is 0 Å². The van der Waals surface area contributed by atoms with Crippen LogP contribution >= 0.6 is 0 Å². The SMILES string of the molecule is CCCC/C(=C\c1ccc(Oc2ccc(N)cn2)c(C)c1)C(=O)O. The first kappa shape index (κ1) is 17.5. The largest absolute Gasteiger partial charge is 0.478 e. The van der Waals surface area contributed by atoms with Gasteiger partial charge in [-0.05, 0) is 55.2 Å². The minimum atomic E-state index is -0.868. The lowest BCUT2D eigenvalue weighted by Crippen LogP contribution is -2.00. The van der Waals surface area contributed by atoms with E-state index in [0.717, 1.165) is 24.0 Å². The van der Waals surface area contributed by atoms with Gasteiger partial charge in [-0.25, -0.2) is 9.78 Å². The summed E-state index contributed by atoms with van der Waals surface area (Å²) < 4.78 is 5.73. The Bertz CT molecular complexity index is 737. The summed E-state index contributed by atoms with van der Waals surface area (Å²) in [5.74, 6) is 0.270. The third kappa shape index (κ3) is 4.84. The van der Waals surface area contributed by atoms with Crippen LogP contribution in [0.5, 0.6) is 11.6 Å². The lowest BCUT2D eigenvalue weighted by molar-refractivity contribution is -0.132. The number of hydrogen-bond acceptors (Lipinski definition) is 4. The van der Waals surface area contributed by atoms with E-state index in [9.17, 15) is 9.90 Å². The van der Waals surface area contributed by atoms with E-state index < -0.39 is 5.97 Å². The van der Waals surface area contributed by atoms with Gasteiger partial charge in [0.2, 0.25) is 5.88 Å². The number of benzene rings is 1. The van der Waals surface area contributed by atoms with Crippen molar-refractivity contribution < 1.29 is 14.6 Å². The number of ether oxygens (including phenoxy) is 1. The number of carbonyl (C=O) groups is 1. The van der Waals surface area contributed by atoms with E-state index >= 15 is 0 Å². The average Bonchev–Trinajstić information content (AvgIpc) is 2.55. The fourth-order valence-corrected chi connectivity index (χ4v) is 2.25. The molecule has 3 N–H and O–H groups in total. The molecule has 5 heteroatoms. The van der Waals surface area contributed by atoms with Gasteiger partial charge in [-0.1, -0.05) is 19.4 Å². The lowest BCUT2D eigenvalue weighted by Gasteiger charge is -2.09. The van der Waals surface area contributed by atoms with Gasteiger partial charge in [0.1, 0.15) is 5.75 Å². The van der Waals surface area contributed by atoms with Crippen molar-refractivity contribution in [2.75, 3.05) is 5.73 Å². The maximum Gasteiger partial charge on any atom is 0.331 e. The Kier molecular flexibility index (Phi) is 5.95. The summed E-state index contributed by atoms with van der Waals surface area (Å²) in [4.78, 5) is 15.4.